The Labute approximate surface area is 102 Å². The molecule has 0 bridgehead atoms. The molecule has 1 aromatic heterocycles. The van der Waals surface area contributed by atoms with Gasteiger partial charge in [-0.3, -0.25) is 4.98 Å². The predicted octanol–water partition coefficient (Wildman–Crippen LogP) is 4.47. The molecule has 0 fully saturated rings. The number of nitrogens with zero attached hydrogens (tertiary/aromatic N) is 1. The Morgan fingerprint density at radius 1 is 1.33 bits per heavy atom. The molecular formula is C12H9BrClN. The Hall–Kier alpha value is -0.860. The first-order valence-corrected chi connectivity index (χ1v) is 5.71. The van der Waals surface area contributed by atoms with Crippen LogP contribution >= 0.6 is 27.5 Å². The first kappa shape index (κ1) is 10.7. The van der Waals surface area contributed by atoms with Crippen molar-refractivity contribution >= 4 is 27.5 Å². The van der Waals surface area contributed by atoms with Crippen LogP contribution in [0.25, 0.3) is 11.1 Å². The van der Waals surface area contributed by atoms with E-state index in [4.69, 9.17) is 11.6 Å². The molecule has 76 valence electrons. The molecule has 0 N–H and O–H groups in total. The second-order valence-electron chi connectivity index (χ2n) is 3.32. The number of benzene rings is 1. The highest BCUT2D eigenvalue weighted by Crippen LogP contribution is 2.32. The van der Waals surface area contributed by atoms with Crippen molar-refractivity contribution in [2.75, 3.05) is 0 Å². The summed E-state index contributed by atoms with van der Waals surface area (Å²) in [6, 6.07) is 7.88. The third kappa shape index (κ3) is 2.21. The van der Waals surface area contributed by atoms with Gasteiger partial charge in [0.15, 0.2) is 0 Å². The molecule has 0 spiro atoms. The fourth-order valence-corrected chi connectivity index (χ4v) is 2.15. The van der Waals surface area contributed by atoms with Crippen LogP contribution in [0.3, 0.4) is 0 Å². The highest BCUT2D eigenvalue weighted by molar-refractivity contribution is 9.10. The largest absolute Gasteiger partial charge is 0.264 e. The van der Waals surface area contributed by atoms with Crippen LogP contribution in [0.1, 0.15) is 5.56 Å². The Balaban J connectivity index is 2.59. The van der Waals surface area contributed by atoms with E-state index in [1.807, 2.05) is 31.3 Å². The maximum absolute atomic E-state index is 6.18. The van der Waals surface area contributed by atoms with Crippen LogP contribution in [0.2, 0.25) is 5.02 Å². The van der Waals surface area contributed by atoms with E-state index >= 15 is 0 Å². The second kappa shape index (κ2) is 4.33. The molecule has 0 amide bonds. The highest BCUT2D eigenvalue weighted by atomic mass is 79.9. The lowest BCUT2D eigenvalue weighted by Crippen LogP contribution is -1.84. The van der Waals surface area contributed by atoms with Crippen molar-refractivity contribution in [2.24, 2.45) is 0 Å². The zero-order chi connectivity index (χ0) is 10.8. The summed E-state index contributed by atoms with van der Waals surface area (Å²) in [7, 11) is 0. The maximum atomic E-state index is 6.18. The summed E-state index contributed by atoms with van der Waals surface area (Å²) in [6.07, 6.45) is 3.57. The maximum Gasteiger partial charge on any atom is 0.0496 e. The lowest BCUT2D eigenvalue weighted by Gasteiger charge is -2.07. The van der Waals surface area contributed by atoms with Crippen molar-refractivity contribution < 1.29 is 0 Å². The zero-order valence-electron chi connectivity index (χ0n) is 8.17. The second-order valence-corrected chi connectivity index (χ2v) is 4.58. The van der Waals surface area contributed by atoms with Crippen LogP contribution in [0.5, 0.6) is 0 Å². The third-order valence-corrected chi connectivity index (χ3v) is 3.39. The smallest absolute Gasteiger partial charge is 0.0496 e. The van der Waals surface area contributed by atoms with E-state index in [0.29, 0.717) is 0 Å². The van der Waals surface area contributed by atoms with Gasteiger partial charge in [-0.25, -0.2) is 0 Å². The fourth-order valence-electron chi connectivity index (χ4n) is 1.40. The van der Waals surface area contributed by atoms with Crippen molar-refractivity contribution in [1.29, 1.82) is 0 Å². The van der Waals surface area contributed by atoms with Crippen LogP contribution in [0.4, 0.5) is 0 Å². The topological polar surface area (TPSA) is 12.9 Å². The van der Waals surface area contributed by atoms with E-state index in [9.17, 15) is 0 Å². The summed E-state index contributed by atoms with van der Waals surface area (Å²) in [5.74, 6) is 0. The molecule has 1 nitrogen and oxygen atoms in total. The first-order chi connectivity index (χ1) is 7.18. The van der Waals surface area contributed by atoms with Crippen molar-refractivity contribution in [2.45, 2.75) is 6.92 Å². The van der Waals surface area contributed by atoms with Crippen LogP contribution in [0, 0.1) is 6.92 Å². The van der Waals surface area contributed by atoms with Gasteiger partial charge in [0, 0.05) is 33.0 Å². The summed E-state index contributed by atoms with van der Waals surface area (Å²) in [5.41, 5.74) is 3.22. The van der Waals surface area contributed by atoms with E-state index in [-0.39, 0.29) is 0 Å². The van der Waals surface area contributed by atoms with Crippen LogP contribution < -0.4 is 0 Å². The molecule has 0 saturated heterocycles. The van der Waals surface area contributed by atoms with Crippen molar-refractivity contribution in [3.63, 3.8) is 0 Å². The number of aryl methyl sites for hydroxylation is 1. The average molecular weight is 283 g/mol. The number of aromatic nitrogens is 1. The molecular weight excluding hydrogens is 273 g/mol. The molecule has 0 aliphatic carbocycles. The summed E-state index contributed by atoms with van der Waals surface area (Å²) in [5, 5.41) is 0.737. The molecule has 0 unspecified atom stereocenters. The lowest BCUT2D eigenvalue weighted by atomic mass is 10.1. The standard InChI is InChI=1S/C12H9BrClN/c1-8-5-10(12(14)6-11(8)13)9-3-2-4-15-7-9/h2-7H,1H3. The molecule has 0 aliphatic heterocycles. The lowest BCUT2D eigenvalue weighted by molar-refractivity contribution is 1.32. The molecule has 0 saturated carbocycles. The SMILES string of the molecule is Cc1cc(-c2cccnc2)c(Cl)cc1Br. The fraction of sp³-hybridized carbons (Fsp3) is 0.0833. The Morgan fingerprint density at radius 2 is 2.13 bits per heavy atom. The van der Waals surface area contributed by atoms with Gasteiger partial charge in [-0.15, -0.1) is 0 Å². The normalized spacial score (nSPS) is 10.3. The van der Waals surface area contributed by atoms with Gasteiger partial charge in [-0.1, -0.05) is 33.6 Å². The molecule has 15 heavy (non-hydrogen) atoms. The summed E-state index contributed by atoms with van der Waals surface area (Å²) < 4.78 is 1.03. The Morgan fingerprint density at radius 3 is 2.80 bits per heavy atom. The van der Waals surface area contributed by atoms with Gasteiger partial charge in [-0.2, -0.15) is 0 Å². The van der Waals surface area contributed by atoms with E-state index in [2.05, 4.69) is 27.0 Å². The van der Waals surface area contributed by atoms with Gasteiger partial charge in [-0.05, 0) is 30.7 Å². The summed E-state index contributed by atoms with van der Waals surface area (Å²) in [6.45, 7) is 2.04. The number of halogens is 2. The van der Waals surface area contributed by atoms with Crippen molar-refractivity contribution in [3.8, 4) is 11.1 Å². The molecule has 0 atom stereocenters. The minimum absolute atomic E-state index is 0.737. The van der Waals surface area contributed by atoms with Crippen LogP contribution in [-0.4, -0.2) is 4.98 Å². The molecule has 1 heterocycles. The molecule has 2 aromatic rings. The Bertz CT molecular complexity index is 482. The van der Waals surface area contributed by atoms with E-state index in [1.54, 1.807) is 6.20 Å². The van der Waals surface area contributed by atoms with Gasteiger partial charge in [0.2, 0.25) is 0 Å². The number of pyridine rings is 1. The zero-order valence-corrected chi connectivity index (χ0v) is 10.5. The van der Waals surface area contributed by atoms with Gasteiger partial charge >= 0.3 is 0 Å². The number of rotatable bonds is 1. The molecule has 1 aromatic carbocycles. The average Bonchev–Trinajstić information content (AvgIpc) is 2.25. The summed E-state index contributed by atoms with van der Waals surface area (Å²) >= 11 is 9.63. The molecule has 2 rings (SSSR count). The monoisotopic (exact) mass is 281 g/mol. The van der Waals surface area contributed by atoms with Crippen molar-refractivity contribution in [1.82, 2.24) is 4.98 Å². The van der Waals surface area contributed by atoms with Gasteiger partial charge in [0.05, 0.1) is 0 Å². The van der Waals surface area contributed by atoms with E-state index in [0.717, 1.165) is 20.6 Å². The highest BCUT2D eigenvalue weighted by Gasteiger charge is 2.06. The minimum Gasteiger partial charge on any atom is -0.264 e. The van der Waals surface area contributed by atoms with Crippen LogP contribution in [-0.2, 0) is 0 Å². The van der Waals surface area contributed by atoms with Crippen molar-refractivity contribution in [3.05, 3.63) is 51.7 Å². The quantitative estimate of drug-likeness (QED) is 0.752. The molecule has 0 radical (unpaired) electrons. The Kier molecular flexibility index (Phi) is 3.08. The van der Waals surface area contributed by atoms with Crippen LogP contribution in [0.15, 0.2) is 41.1 Å². The van der Waals surface area contributed by atoms with Gasteiger partial charge in [0.1, 0.15) is 0 Å². The van der Waals surface area contributed by atoms with E-state index in [1.165, 1.54) is 5.56 Å². The first-order valence-electron chi connectivity index (χ1n) is 4.54. The minimum atomic E-state index is 0.737. The van der Waals surface area contributed by atoms with E-state index < -0.39 is 0 Å². The molecule has 0 aliphatic rings. The molecule has 3 heteroatoms. The number of hydrogen-bond acceptors (Lipinski definition) is 1. The predicted molar refractivity (Wildman–Crippen MR) is 67.1 cm³/mol. The van der Waals surface area contributed by atoms with Gasteiger partial charge < -0.3 is 0 Å². The summed E-state index contributed by atoms with van der Waals surface area (Å²) in [4.78, 5) is 4.08. The number of hydrogen-bond donors (Lipinski definition) is 0. The third-order valence-electron chi connectivity index (χ3n) is 2.22. The van der Waals surface area contributed by atoms with Gasteiger partial charge in [0.25, 0.3) is 0 Å².